The summed E-state index contributed by atoms with van der Waals surface area (Å²) in [7, 11) is -2.80. The topological polar surface area (TPSA) is 109 Å². The molecule has 0 saturated heterocycles. The van der Waals surface area contributed by atoms with Crippen molar-refractivity contribution in [3.8, 4) is 17.3 Å². The van der Waals surface area contributed by atoms with Gasteiger partial charge in [-0.2, -0.15) is 5.26 Å². The summed E-state index contributed by atoms with van der Waals surface area (Å²) >= 11 is 1.38. The molecule has 1 aliphatic carbocycles. The maximum Gasteiger partial charge on any atom is 0.337 e. The Labute approximate surface area is 178 Å². The molecule has 152 valence electrons. The molecule has 0 unspecified atom stereocenters. The van der Waals surface area contributed by atoms with Crippen molar-refractivity contribution in [2.45, 2.75) is 23.7 Å². The molecule has 1 saturated carbocycles. The van der Waals surface area contributed by atoms with Crippen LogP contribution in [0.25, 0.3) is 11.3 Å². The summed E-state index contributed by atoms with van der Waals surface area (Å²) in [4.78, 5) is 16.3. The molecule has 2 aromatic carbocycles. The third-order valence-electron chi connectivity index (χ3n) is 4.84. The molecule has 9 heteroatoms. The van der Waals surface area contributed by atoms with Crippen LogP contribution in [0.3, 0.4) is 0 Å². The zero-order chi connectivity index (χ0) is 21.3. The Morgan fingerprint density at radius 3 is 2.70 bits per heavy atom. The highest BCUT2D eigenvalue weighted by Crippen LogP contribution is 2.43. The third kappa shape index (κ3) is 3.92. The molecule has 0 atom stereocenters. The van der Waals surface area contributed by atoms with E-state index in [9.17, 15) is 18.5 Å². The molecule has 1 fully saturated rings. The summed E-state index contributed by atoms with van der Waals surface area (Å²) in [5, 5.41) is 11.1. The van der Waals surface area contributed by atoms with E-state index in [2.05, 4.69) is 9.71 Å². The van der Waals surface area contributed by atoms with Crippen LogP contribution in [0.5, 0.6) is 0 Å². The molecule has 4 rings (SSSR count). The fourth-order valence-electron chi connectivity index (χ4n) is 3.21. The average Bonchev–Trinajstić information content (AvgIpc) is 3.46. The van der Waals surface area contributed by atoms with Gasteiger partial charge in [0, 0.05) is 10.9 Å². The summed E-state index contributed by atoms with van der Waals surface area (Å²) in [5.74, 6) is -0.463. The second-order valence-corrected chi connectivity index (χ2v) is 9.24. The van der Waals surface area contributed by atoms with Gasteiger partial charge in [0.1, 0.15) is 0 Å². The highest BCUT2D eigenvalue weighted by molar-refractivity contribution is 7.92. The maximum atomic E-state index is 13.4. The number of hydrogen-bond acceptors (Lipinski definition) is 7. The summed E-state index contributed by atoms with van der Waals surface area (Å²) in [6.07, 6.45) is 1.79. The standard InChI is InChI=1S/C21H17N3O4S2/c1-28-21(25)15-5-7-16(14-3-4-14)20(9-15)30(26,27)24-18-8-13(10-22)2-6-17(18)19-11-29-12-23-19/h2,5-9,11-12,14,24H,3-4H2,1H3. The van der Waals surface area contributed by atoms with Gasteiger partial charge in [0.15, 0.2) is 0 Å². The molecular weight excluding hydrogens is 422 g/mol. The van der Waals surface area contributed by atoms with E-state index in [4.69, 9.17) is 4.74 Å². The van der Waals surface area contributed by atoms with E-state index in [1.807, 2.05) is 6.07 Å². The number of hydrogen-bond donors (Lipinski definition) is 1. The number of carbonyl (C=O) groups is 1. The second kappa shape index (κ2) is 7.89. The molecule has 7 nitrogen and oxygen atoms in total. The van der Waals surface area contributed by atoms with Crippen LogP contribution < -0.4 is 4.72 Å². The summed E-state index contributed by atoms with van der Waals surface area (Å²) in [6, 6.07) is 11.4. The normalized spacial score (nSPS) is 13.5. The number of thiazole rings is 1. The third-order valence-corrected chi connectivity index (χ3v) is 6.85. The van der Waals surface area contributed by atoms with Crippen LogP contribution >= 0.6 is 11.3 Å². The monoisotopic (exact) mass is 439 g/mol. The number of nitrogens with one attached hydrogen (secondary N) is 1. The zero-order valence-electron chi connectivity index (χ0n) is 16.0. The first-order chi connectivity index (χ1) is 14.4. The molecule has 0 spiro atoms. The number of benzene rings is 2. The van der Waals surface area contributed by atoms with Gasteiger partial charge in [-0.1, -0.05) is 6.07 Å². The van der Waals surface area contributed by atoms with Crippen molar-refractivity contribution in [2.24, 2.45) is 0 Å². The Hall–Kier alpha value is -3.22. The Morgan fingerprint density at radius 2 is 2.07 bits per heavy atom. The van der Waals surface area contributed by atoms with E-state index in [1.165, 1.54) is 30.6 Å². The highest BCUT2D eigenvalue weighted by Gasteiger charge is 2.31. The minimum absolute atomic E-state index is 0.0412. The van der Waals surface area contributed by atoms with Gasteiger partial charge in [0.2, 0.25) is 0 Å². The smallest absolute Gasteiger partial charge is 0.337 e. The first kappa shape index (κ1) is 20.1. The van der Waals surface area contributed by atoms with Crippen LogP contribution in [0.4, 0.5) is 5.69 Å². The van der Waals surface area contributed by atoms with Crippen molar-refractivity contribution in [3.05, 3.63) is 64.0 Å². The lowest BCUT2D eigenvalue weighted by atomic mass is 10.1. The Kier molecular flexibility index (Phi) is 5.28. The highest BCUT2D eigenvalue weighted by atomic mass is 32.2. The molecule has 1 aromatic heterocycles. The predicted octanol–water partition coefficient (Wildman–Crippen LogP) is 4.15. The summed E-state index contributed by atoms with van der Waals surface area (Å²) < 4.78 is 34.1. The molecule has 0 radical (unpaired) electrons. The molecule has 0 amide bonds. The zero-order valence-corrected chi connectivity index (χ0v) is 17.6. The van der Waals surface area contributed by atoms with E-state index in [1.54, 1.807) is 35.2 Å². The van der Waals surface area contributed by atoms with Gasteiger partial charge in [0.05, 0.1) is 46.1 Å². The number of methoxy groups -OCH3 is 1. The Bertz CT molecular complexity index is 1260. The van der Waals surface area contributed by atoms with Gasteiger partial charge in [-0.3, -0.25) is 4.72 Å². The fourth-order valence-corrected chi connectivity index (χ4v) is 5.16. The Morgan fingerprint density at radius 1 is 1.27 bits per heavy atom. The van der Waals surface area contributed by atoms with Crippen molar-refractivity contribution in [1.29, 1.82) is 5.26 Å². The van der Waals surface area contributed by atoms with Crippen LogP contribution in [-0.2, 0) is 14.8 Å². The van der Waals surface area contributed by atoms with E-state index >= 15 is 0 Å². The van der Waals surface area contributed by atoms with Gasteiger partial charge in [-0.15, -0.1) is 11.3 Å². The average molecular weight is 440 g/mol. The summed E-state index contributed by atoms with van der Waals surface area (Å²) in [6.45, 7) is 0. The SMILES string of the molecule is COC(=O)c1ccc(C2CC2)c(S(=O)(=O)Nc2cc(C#N)ccc2-c2cscn2)c1. The molecule has 30 heavy (non-hydrogen) atoms. The van der Waals surface area contributed by atoms with Crippen LogP contribution in [0.15, 0.2) is 52.2 Å². The number of aromatic nitrogens is 1. The maximum absolute atomic E-state index is 13.4. The van der Waals surface area contributed by atoms with Gasteiger partial charge >= 0.3 is 5.97 Å². The number of carbonyl (C=O) groups excluding carboxylic acids is 1. The van der Waals surface area contributed by atoms with Gasteiger partial charge < -0.3 is 4.74 Å². The van der Waals surface area contributed by atoms with E-state index in [0.29, 0.717) is 22.4 Å². The molecular formula is C21H17N3O4S2. The van der Waals surface area contributed by atoms with E-state index in [-0.39, 0.29) is 22.1 Å². The van der Waals surface area contributed by atoms with Gasteiger partial charge in [-0.25, -0.2) is 18.2 Å². The number of anilines is 1. The van der Waals surface area contributed by atoms with Crippen molar-refractivity contribution in [2.75, 3.05) is 11.8 Å². The van der Waals surface area contributed by atoms with Gasteiger partial charge in [-0.05, 0) is 54.7 Å². The lowest BCUT2D eigenvalue weighted by Crippen LogP contribution is -2.17. The van der Waals surface area contributed by atoms with E-state index < -0.39 is 16.0 Å². The lowest BCUT2D eigenvalue weighted by molar-refractivity contribution is 0.0600. The minimum Gasteiger partial charge on any atom is -0.465 e. The fraction of sp³-hybridized carbons (Fsp3) is 0.190. The largest absolute Gasteiger partial charge is 0.465 e. The molecule has 0 bridgehead atoms. The van der Waals surface area contributed by atoms with Gasteiger partial charge in [0.25, 0.3) is 10.0 Å². The summed E-state index contributed by atoms with van der Waals surface area (Å²) in [5.41, 5.74) is 4.22. The molecule has 1 heterocycles. The molecule has 3 aromatic rings. The molecule has 1 N–H and O–H groups in total. The van der Waals surface area contributed by atoms with Crippen molar-refractivity contribution in [3.63, 3.8) is 0 Å². The van der Waals surface area contributed by atoms with E-state index in [0.717, 1.165) is 12.8 Å². The molecule has 1 aliphatic rings. The predicted molar refractivity (Wildman–Crippen MR) is 113 cm³/mol. The van der Waals surface area contributed by atoms with Crippen LogP contribution in [0, 0.1) is 11.3 Å². The number of ether oxygens (including phenoxy) is 1. The number of esters is 1. The minimum atomic E-state index is -4.04. The van der Waals surface area contributed by atoms with Crippen molar-refractivity contribution >= 4 is 33.0 Å². The lowest BCUT2D eigenvalue weighted by Gasteiger charge is -2.15. The van der Waals surface area contributed by atoms with Crippen molar-refractivity contribution < 1.29 is 17.9 Å². The first-order valence-corrected chi connectivity index (χ1v) is 11.5. The quantitative estimate of drug-likeness (QED) is 0.578. The first-order valence-electron chi connectivity index (χ1n) is 9.10. The number of sulfonamides is 1. The number of rotatable bonds is 6. The second-order valence-electron chi connectivity index (χ2n) is 6.87. The van der Waals surface area contributed by atoms with Crippen LogP contribution in [0.2, 0.25) is 0 Å². The Balaban J connectivity index is 1.81. The van der Waals surface area contributed by atoms with Crippen LogP contribution in [0.1, 0.15) is 40.2 Å². The van der Waals surface area contributed by atoms with Crippen LogP contribution in [-0.4, -0.2) is 26.5 Å². The van der Waals surface area contributed by atoms with Crippen molar-refractivity contribution in [1.82, 2.24) is 4.98 Å². The number of nitriles is 1. The number of nitrogens with zero attached hydrogens (tertiary/aromatic N) is 2. The molecule has 0 aliphatic heterocycles.